The minimum Gasteiger partial charge on any atom is -0.508 e. The molecule has 1 aromatic carbocycles. The van der Waals surface area contributed by atoms with Crippen LogP contribution in [0.4, 0.5) is 0 Å². The van der Waals surface area contributed by atoms with Crippen molar-refractivity contribution in [3.05, 3.63) is 29.8 Å². The van der Waals surface area contributed by atoms with Crippen LogP contribution in [-0.4, -0.2) is 70.5 Å². The number of unbranched alkanes of at least 4 members (excludes halogenated alkanes) is 1. The average molecular weight is 537 g/mol. The van der Waals surface area contributed by atoms with Crippen LogP contribution in [0.5, 0.6) is 5.75 Å². The third kappa shape index (κ3) is 11.6. The molecule has 0 aliphatic carbocycles. The molecule has 13 nitrogen and oxygen atoms in total. The summed E-state index contributed by atoms with van der Waals surface area (Å²) in [5.41, 5.74) is 17.1. The molecule has 1 rings (SSSR count). The molecule has 4 amide bonds. The summed E-state index contributed by atoms with van der Waals surface area (Å²) in [7, 11) is 0. The molecule has 4 unspecified atom stereocenters. The van der Waals surface area contributed by atoms with Crippen LogP contribution in [0.1, 0.15) is 51.5 Å². The molecule has 1 aromatic rings. The van der Waals surface area contributed by atoms with Gasteiger partial charge in [-0.25, -0.2) is 4.79 Å². The number of primary amides is 1. The largest absolute Gasteiger partial charge is 0.508 e. The number of aliphatic carboxylic acids is 1. The van der Waals surface area contributed by atoms with Crippen LogP contribution in [-0.2, 0) is 30.4 Å². The minimum atomic E-state index is -1.35. The van der Waals surface area contributed by atoms with E-state index in [1.807, 2.05) is 0 Å². The van der Waals surface area contributed by atoms with Crippen molar-refractivity contribution in [2.75, 3.05) is 6.54 Å². The average Bonchev–Trinajstić information content (AvgIpc) is 2.85. The molecule has 0 aromatic heterocycles. The summed E-state index contributed by atoms with van der Waals surface area (Å²) in [5.74, 6) is -4.47. The number of benzene rings is 1. The van der Waals surface area contributed by atoms with Crippen LogP contribution in [0.15, 0.2) is 24.3 Å². The number of carboxylic acid groups (broad SMARTS) is 1. The molecular formula is C25H40N6O7. The molecule has 13 heteroatoms. The number of amides is 4. The number of carboxylic acids is 1. The van der Waals surface area contributed by atoms with Gasteiger partial charge in [-0.2, -0.15) is 0 Å². The van der Waals surface area contributed by atoms with Gasteiger partial charge in [0.15, 0.2) is 0 Å². The van der Waals surface area contributed by atoms with Gasteiger partial charge in [-0.1, -0.05) is 32.4 Å². The van der Waals surface area contributed by atoms with Crippen LogP contribution in [0.3, 0.4) is 0 Å². The second-order valence-corrected chi connectivity index (χ2v) is 9.46. The van der Waals surface area contributed by atoms with Crippen molar-refractivity contribution >= 4 is 29.6 Å². The molecule has 11 N–H and O–H groups in total. The van der Waals surface area contributed by atoms with Gasteiger partial charge >= 0.3 is 5.97 Å². The summed E-state index contributed by atoms with van der Waals surface area (Å²) in [4.78, 5) is 61.8. The Kier molecular flexibility index (Phi) is 13.8. The number of hydrogen-bond acceptors (Lipinski definition) is 8. The lowest BCUT2D eigenvalue weighted by Gasteiger charge is -2.27. The number of phenolic OH excluding ortho intramolecular Hbond substituents is 1. The normalized spacial score (nSPS) is 14.1. The number of carbonyl (C=O) groups is 5. The number of hydrogen-bond donors (Lipinski definition) is 8. The highest BCUT2D eigenvalue weighted by molar-refractivity contribution is 5.94. The SMILES string of the molecule is CC(C)C(NC(=O)C(N)CCCCN)C(=O)NC(CCC(N)=O)C(=O)NC(Cc1ccc(O)cc1)C(=O)O. The Labute approximate surface area is 221 Å². The fraction of sp³-hybridized carbons (Fsp3) is 0.560. The molecule has 0 radical (unpaired) electrons. The zero-order valence-corrected chi connectivity index (χ0v) is 21.8. The summed E-state index contributed by atoms with van der Waals surface area (Å²) in [5, 5.41) is 26.5. The molecule has 0 spiro atoms. The van der Waals surface area contributed by atoms with Gasteiger partial charge in [0.2, 0.25) is 23.6 Å². The van der Waals surface area contributed by atoms with E-state index >= 15 is 0 Å². The van der Waals surface area contributed by atoms with Gasteiger partial charge in [-0.15, -0.1) is 0 Å². The lowest BCUT2D eigenvalue weighted by Crippen LogP contribution is -2.58. The molecule has 4 atom stereocenters. The lowest BCUT2D eigenvalue weighted by atomic mass is 10.0. The topological polar surface area (TPSA) is 240 Å². The van der Waals surface area contributed by atoms with Crippen LogP contribution in [0, 0.1) is 5.92 Å². The van der Waals surface area contributed by atoms with Crippen molar-refractivity contribution in [3.8, 4) is 5.75 Å². The Bertz CT molecular complexity index is 954. The second-order valence-electron chi connectivity index (χ2n) is 9.46. The summed E-state index contributed by atoms with van der Waals surface area (Å²) in [6.07, 6.45) is 1.21. The van der Waals surface area contributed by atoms with E-state index in [4.69, 9.17) is 17.2 Å². The van der Waals surface area contributed by atoms with Crippen molar-refractivity contribution in [2.45, 2.75) is 76.5 Å². The standard InChI is InChI=1S/C25H40N6O7/c1-14(2)21(31-22(34)17(27)5-3-4-12-26)24(36)29-18(10-11-20(28)33)23(35)30-19(25(37)38)13-15-6-8-16(32)9-7-15/h6-9,14,17-19,21,32H,3-5,10-13,26-27H2,1-2H3,(H2,28,33)(H,29,36)(H,30,35)(H,31,34)(H,37,38). The zero-order valence-electron chi connectivity index (χ0n) is 21.8. The third-order valence-electron chi connectivity index (χ3n) is 5.86. The highest BCUT2D eigenvalue weighted by Crippen LogP contribution is 2.12. The summed E-state index contributed by atoms with van der Waals surface area (Å²) in [6, 6.07) is 1.26. The maximum atomic E-state index is 13.1. The predicted molar refractivity (Wildman–Crippen MR) is 139 cm³/mol. The van der Waals surface area contributed by atoms with Gasteiger partial charge in [-0.3, -0.25) is 19.2 Å². The summed E-state index contributed by atoms with van der Waals surface area (Å²) in [6.45, 7) is 3.86. The molecule has 0 saturated heterocycles. The maximum Gasteiger partial charge on any atom is 0.326 e. The molecular weight excluding hydrogens is 496 g/mol. The lowest BCUT2D eigenvalue weighted by molar-refractivity contribution is -0.142. The number of phenols is 1. The first-order valence-corrected chi connectivity index (χ1v) is 12.5. The number of nitrogens with one attached hydrogen (secondary N) is 3. The Morgan fingerprint density at radius 2 is 1.47 bits per heavy atom. The van der Waals surface area contributed by atoms with Gasteiger partial charge in [0.05, 0.1) is 6.04 Å². The quantitative estimate of drug-likeness (QED) is 0.112. The number of carbonyl (C=O) groups excluding carboxylic acids is 4. The summed E-state index contributed by atoms with van der Waals surface area (Å²) >= 11 is 0. The molecule has 0 fully saturated rings. The zero-order chi connectivity index (χ0) is 28.8. The molecule has 0 bridgehead atoms. The summed E-state index contributed by atoms with van der Waals surface area (Å²) < 4.78 is 0. The van der Waals surface area contributed by atoms with Crippen molar-refractivity contribution in [2.24, 2.45) is 23.1 Å². The molecule has 0 aliphatic heterocycles. The van der Waals surface area contributed by atoms with E-state index in [0.29, 0.717) is 31.4 Å². The predicted octanol–water partition coefficient (Wildman–Crippen LogP) is -1.15. The number of nitrogens with two attached hydrogens (primary N) is 3. The van der Waals surface area contributed by atoms with E-state index in [1.165, 1.54) is 24.3 Å². The van der Waals surface area contributed by atoms with Crippen molar-refractivity contribution in [1.82, 2.24) is 16.0 Å². The van der Waals surface area contributed by atoms with E-state index in [2.05, 4.69) is 16.0 Å². The fourth-order valence-electron chi connectivity index (χ4n) is 3.59. The van der Waals surface area contributed by atoms with Crippen LogP contribution < -0.4 is 33.2 Å². The van der Waals surface area contributed by atoms with Crippen LogP contribution in [0.25, 0.3) is 0 Å². The van der Waals surface area contributed by atoms with Crippen molar-refractivity contribution in [3.63, 3.8) is 0 Å². The first-order chi connectivity index (χ1) is 17.8. The smallest absolute Gasteiger partial charge is 0.326 e. The second kappa shape index (κ2) is 16.2. The highest BCUT2D eigenvalue weighted by Gasteiger charge is 2.32. The Morgan fingerprint density at radius 1 is 0.868 bits per heavy atom. The first kappa shape index (κ1) is 32.3. The van der Waals surface area contributed by atoms with Crippen molar-refractivity contribution < 1.29 is 34.2 Å². The van der Waals surface area contributed by atoms with Gasteiger partial charge in [0, 0.05) is 12.8 Å². The maximum absolute atomic E-state index is 13.1. The number of rotatable bonds is 17. The van der Waals surface area contributed by atoms with E-state index in [-0.39, 0.29) is 30.9 Å². The molecule has 212 valence electrons. The molecule has 0 saturated carbocycles. The van der Waals surface area contributed by atoms with Gasteiger partial charge in [0.25, 0.3) is 0 Å². The first-order valence-electron chi connectivity index (χ1n) is 12.5. The molecule has 0 aliphatic rings. The molecule has 38 heavy (non-hydrogen) atoms. The highest BCUT2D eigenvalue weighted by atomic mass is 16.4. The third-order valence-corrected chi connectivity index (χ3v) is 5.86. The van der Waals surface area contributed by atoms with Crippen molar-refractivity contribution in [1.29, 1.82) is 0 Å². The molecule has 0 heterocycles. The van der Waals surface area contributed by atoms with E-state index < -0.39 is 53.8 Å². The fourth-order valence-corrected chi connectivity index (χ4v) is 3.59. The van der Waals surface area contributed by atoms with Gasteiger partial charge < -0.3 is 43.4 Å². The van der Waals surface area contributed by atoms with E-state index in [1.54, 1.807) is 13.8 Å². The van der Waals surface area contributed by atoms with E-state index in [0.717, 1.165) is 0 Å². The van der Waals surface area contributed by atoms with Crippen LogP contribution >= 0.6 is 0 Å². The van der Waals surface area contributed by atoms with Crippen LogP contribution in [0.2, 0.25) is 0 Å². The Morgan fingerprint density at radius 3 is 2.00 bits per heavy atom. The number of aromatic hydroxyl groups is 1. The van der Waals surface area contributed by atoms with Gasteiger partial charge in [0.1, 0.15) is 23.9 Å². The van der Waals surface area contributed by atoms with E-state index in [9.17, 15) is 34.2 Å². The Balaban J connectivity index is 2.98. The monoisotopic (exact) mass is 536 g/mol. The Hall–Kier alpha value is -3.71. The van der Waals surface area contributed by atoms with Gasteiger partial charge in [-0.05, 0) is 49.4 Å². The minimum absolute atomic E-state index is 0.00204.